The van der Waals surface area contributed by atoms with Gasteiger partial charge in [-0.15, -0.1) is 0 Å². The first-order valence-corrected chi connectivity index (χ1v) is 10.1. The van der Waals surface area contributed by atoms with Gasteiger partial charge in [-0.3, -0.25) is 13.8 Å². The lowest BCUT2D eigenvalue weighted by atomic mass is 9.76. The Kier molecular flexibility index (Phi) is 9.44. The van der Waals surface area contributed by atoms with E-state index in [1.807, 2.05) is 20.8 Å². The molecule has 1 fully saturated rings. The number of oxime groups is 1. The molecule has 136 valence electrons. The van der Waals surface area contributed by atoms with Crippen LogP contribution in [0.15, 0.2) is 16.8 Å². The summed E-state index contributed by atoms with van der Waals surface area (Å²) in [5.41, 5.74) is 1.79. The van der Waals surface area contributed by atoms with Crippen LogP contribution in [0, 0.1) is 11.8 Å². The second-order valence-corrected chi connectivity index (χ2v) is 8.34. The Hall–Kier alpha value is -1.01. The standard InChI is InChI=1S/C17H26ClNO4S/c1-4-14(19-23-8-6-7-18)17-15(20)10-13(11-16(17)21)9-12(3)24(22)5-2/h6-7,12-13,17H,4-5,8-11H2,1-3H3. The summed E-state index contributed by atoms with van der Waals surface area (Å²) in [6.45, 7) is 5.84. The van der Waals surface area contributed by atoms with E-state index in [1.165, 1.54) is 5.54 Å². The molecule has 0 aliphatic heterocycles. The number of carbonyl (C=O) groups is 2. The van der Waals surface area contributed by atoms with Gasteiger partial charge in [0.15, 0.2) is 0 Å². The minimum atomic E-state index is -0.905. The molecule has 0 saturated heterocycles. The van der Waals surface area contributed by atoms with Gasteiger partial charge in [-0.1, -0.05) is 37.5 Å². The number of carbonyl (C=O) groups excluding carboxylic acids is 2. The lowest BCUT2D eigenvalue weighted by Crippen LogP contribution is -2.39. The van der Waals surface area contributed by atoms with Gasteiger partial charge in [-0.05, 0) is 24.8 Å². The number of ketones is 2. The second kappa shape index (κ2) is 10.8. The summed E-state index contributed by atoms with van der Waals surface area (Å²) in [4.78, 5) is 30.0. The summed E-state index contributed by atoms with van der Waals surface area (Å²) in [6.07, 6.45) is 3.37. The van der Waals surface area contributed by atoms with Gasteiger partial charge in [0.25, 0.3) is 0 Å². The minimum absolute atomic E-state index is 0.00198. The molecule has 0 N–H and O–H groups in total. The number of Topliss-reactive ketones (excluding diaryl/α,β-unsaturated/α-hetero) is 2. The third-order valence-corrected chi connectivity index (χ3v) is 6.00. The fourth-order valence-electron chi connectivity index (χ4n) is 2.98. The van der Waals surface area contributed by atoms with E-state index in [0.29, 0.717) is 37.1 Å². The maximum absolute atomic E-state index is 12.5. The summed E-state index contributed by atoms with van der Waals surface area (Å²) in [5.74, 6) is -0.437. The van der Waals surface area contributed by atoms with Crippen molar-refractivity contribution in [2.24, 2.45) is 17.0 Å². The molecule has 0 spiro atoms. The fourth-order valence-corrected chi connectivity index (χ4v) is 4.11. The Labute approximate surface area is 151 Å². The molecular weight excluding hydrogens is 350 g/mol. The zero-order valence-electron chi connectivity index (χ0n) is 14.5. The Morgan fingerprint density at radius 1 is 1.38 bits per heavy atom. The van der Waals surface area contributed by atoms with Gasteiger partial charge in [-0.25, -0.2) is 0 Å². The van der Waals surface area contributed by atoms with Crippen LogP contribution in [-0.4, -0.2) is 39.1 Å². The number of hydrogen-bond donors (Lipinski definition) is 0. The lowest BCUT2D eigenvalue weighted by molar-refractivity contribution is -0.134. The smallest absolute Gasteiger partial charge is 0.149 e. The molecule has 7 heteroatoms. The first-order chi connectivity index (χ1) is 11.4. The van der Waals surface area contributed by atoms with Crippen LogP contribution in [0.4, 0.5) is 0 Å². The van der Waals surface area contributed by atoms with E-state index in [2.05, 4.69) is 5.16 Å². The van der Waals surface area contributed by atoms with Gasteiger partial charge in [0.2, 0.25) is 0 Å². The highest BCUT2D eigenvalue weighted by molar-refractivity contribution is 7.85. The van der Waals surface area contributed by atoms with Crippen LogP contribution in [0.3, 0.4) is 0 Å². The Morgan fingerprint density at radius 3 is 2.50 bits per heavy atom. The summed E-state index contributed by atoms with van der Waals surface area (Å²) in [6, 6.07) is 0. The molecule has 24 heavy (non-hydrogen) atoms. The van der Waals surface area contributed by atoms with Crippen LogP contribution >= 0.6 is 11.6 Å². The summed E-state index contributed by atoms with van der Waals surface area (Å²) in [5, 5.41) is 3.95. The highest BCUT2D eigenvalue weighted by Crippen LogP contribution is 2.29. The first-order valence-electron chi connectivity index (χ1n) is 8.31. The van der Waals surface area contributed by atoms with E-state index in [0.717, 1.165) is 0 Å². The zero-order valence-corrected chi connectivity index (χ0v) is 16.1. The van der Waals surface area contributed by atoms with Crippen molar-refractivity contribution >= 4 is 39.7 Å². The number of rotatable bonds is 9. The molecule has 1 aliphatic carbocycles. The van der Waals surface area contributed by atoms with E-state index in [-0.39, 0.29) is 29.3 Å². The number of nitrogens with zero attached hydrogens (tertiary/aromatic N) is 1. The Balaban J connectivity index is 2.72. The van der Waals surface area contributed by atoms with E-state index < -0.39 is 16.7 Å². The quantitative estimate of drug-likeness (QED) is 0.268. The Morgan fingerprint density at radius 2 is 2.00 bits per heavy atom. The van der Waals surface area contributed by atoms with Crippen molar-refractivity contribution in [1.82, 2.24) is 0 Å². The molecule has 0 aromatic carbocycles. The number of halogens is 1. The van der Waals surface area contributed by atoms with Gasteiger partial charge < -0.3 is 4.84 Å². The topological polar surface area (TPSA) is 72.8 Å². The van der Waals surface area contributed by atoms with Crippen molar-refractivity contribution < 1.29 is 18.6 Å². The highest BCUT2D eigenvalue weighted by Gasteiger charge is 2.39. The predicted octanol–water partition coefficient (Wildman–Crippen LogP) is 3.23. The van der Waals surface area contributed by atoms with Crippen LogP contribution in [-0.2, 0) is 25.2 Å². The van der Waals surface area contributed by atoms with E-state index in [4.69, 9.17) is 16.4 Å². The molecule has 1 rings (SSSR count). The number of hydrogen-bond acceptors (Lipinski definition) is 5. The van der Waals surface area contributed by atoms with Gasteiger partial charge in [0, 0.05) is 40.2 Å². The SMILES string of the molecule is CCC(=NOCC=CCl)C1C(=O)CC(CC(C)S(=O)CC)CC1=O. The molecule has 2 atom stereocenters. The molecule has 0 amide bonds. The average molecular weight is 376 g/mol. The molecular formula is C17H26ClNO4S. The first kappa shape index (κ1) is 21.0. The van der Waals surface area contributed by atoms with Crippen molar-refractivity contribution in [3.8, 4) is 0 Å². The summed E-state index contributed by atoms with van der Waals surface area (Å²) < 4.78 is 11.8. The molecule has 5 nitrogen and oxygen atoms in total. The highest BCUT2D eigenvalue weighted by atomic mass is 35.5. The minimum Gasteiger partial charge on any atom is -0.392 e. The zero-order chi connectivity index (χ0) is 18.1. The van der Waals surface area contributed by atoms with Crippen LogP contribution in [0.5, 0.6) is 0 Å². The molecule has 0 radical (unpaired) electrons. The Bertz CT molecular complexity index is 515. The summed E-state index contributed by atoms with van der Waals surface area (Å²) >= 11 is 5.40. The second-order valence-electron chi connectivity index (χ2n) is 5.95. The predicted molar refractivity (Wildman–Crippen MR) is 97.7 cm³/mol. The van der Waals surface area contributed by atoms with Crippen molar-refractivity contribution in [1.29, 1.82) is 0 Å². The van der Waals surface area contributed by atoms with Crippen LogP contribution < -0.4 is 0 Å². The van der Waals surface area contributed by atoms with Crippen molar-refractivity contribution in [2.75, 3.05) is 12.4 Å². The third-order valence-electron chi connectivity index (χ3n) is 4.16. The monoisotopic (exact) mass is 375 g/mol. The molecule has 1 aliphatic rings. The van der Waals surface area contributed by atoms with E-state index >= 15 is 0 Å². The van der Waals surface area contributed by atoms with Gasteiger partial charge >= 0.3 is 0 Å². The molecule has 0 aromatic rings. The van der Waals surface area contributed by atoms with E-state index in [9.17, 15) is 13.8 Å². The van der Waals surface area contributed by atoms with Crippen molar-refractivity contribution in [2.45, 2.75) is 51.7 Å². The van der Waals surface area contributed by atoms with Crippen LogP contribution in [0.1, 0.15) is 46.5 Å². The molecule has 0 heterocycles. The van der Waals surface area contributed by atoms with Crippen LogP contribution in [0.25, 0.3) is 0 Å². The van der Waals surface area contributed by atoms with Crippen molar-refractivity contribution in [3.05, 3.63) is 11.6 Å². The molecule has 1 saturated carbocycles. The van der Waals surface area contributed by atoms with Gasteiger partial charge in [-0.2, -0.15) is 0 Å². The summed E-state index contributed by atoms with van der Waals surface area (Å²) in [7, 11) is -0.905. The van der Waals surface area contributed by atoms with Crippen molar-refractivity contribution in [3.63, 3.8) is 0 Å². The largest absolute Gasteiger partial charge is 0.392 e. The molecule has 2 unspecified atom stereocenters. The maximum atomic E-state index is 12.5. The average Bonchev–Trinajstić information content (AvgIpc) is 2.55. The molecule has 0 bridgehead atoms. The maximum Gasteiger partial charge on any atom is 0.149 e. The lowest BCUT2D eigenvalue weighted by Gasteiger charge is -2.28. The third kappa shape index (κ3) is 6.13. The fraction of sp³-hybridized carbons (Fsp3) is 0.706. The van der Waals surface area contributed by atoms with Gasteiger partial charge in [0.05, 0.1) is 5.71 Å². The van der Waals surface area contributed by atoms with E-state index in [1.54, 1.807) is 6.08 Å². The van der Waals surface area contributed by atoms with Gasteiger partial charge in [0.1, 0.15) is 24.1 Å². The molecule has 0 aromatic heterocycles. The van der Waals surface area contributed by atoms with Crippen LogP contribution in [0.2, 0.25) is 0 Å². The normalized spacial score (nSPS) is 25.1.